The molecule has 1 heterocycles. The van der Waals surface area contributed by atoms with Gasteiger partial charge in [-0.15, -0.1) is 0 Å². The Bertz CT molecular complexity index is 703. The third-order valence-corrected chi connectivity index (χ3v) is 3.20. The smallest absolute Gasteiger partial charge is 0.204 e. The fourth-order valence-electron chi connectivity index (χ4n) is 1.79. The van der Waals surface area contributed by atoms with Crippen LogP contribution in [0, 0.1) is 24.6 Å². The van der Waals surface area contributed by atoms with E-state index in [2.05, 4.69) is 16.8 Å². The van der Waals surface area contributed by atoms with Crippen LogP contribution in [0.1, 0.15) is 30.8 Å². The van der Waals surface area contributed by atoms with E-state index in [-0.39, 0.29) is 5.82 Å². The van der Waals surface area contributed by atoms with Crippen LogP contribution in [0.25, 0.3) is 0 Å². The van der Waals surface area contributed by atoms with E-state index in [0.717, 1.165) is 11.3 Å². The molecule has 0 unspecified atom stereocenters. The number of hydrogen-bond donors (Lipinski definition) is 1. The van der Waals surface area contributed by atoms with Crippen molar-refractivity contribution >= 4 is 11.6 Å². The number of aliphatic hydroxyl groups is 1. The van der Waals surface area contributed by atoms with Crippen LogP contribution in [-0.2, 0) is 6.54 Å². The third kappa shape index (κ3) is 4.07. The van der Waals surface area contributed by atoms with Gasteiger partial charge < -0.3 is 9.67 Å². The molecular formula is C16H16ClFN2O. The first kappa shape index (κ1) is 15.6. The molecule has 0 saturated carbocycles. The van der Waals surface area contributed by atoms with E-state index in [0.29, 0.717) is 17.5 Å². The average molecular weight is 307 g/mol. The van der Waals surface area contributed by atoms with Gasteiger partial charge in [-0.1, -0.05) is 18.1 Å². The molecule has 3 nitrogen and oxygen atoms in total. The van der Waals surface area contributed by atoms with Gasteiger partial charge in [0.25, 0.3) is 0 Å². The van der Waals surface area contributed by atoms with Gasteiger partial charge in [0.2, 0.25) is 5.28 Å². The molecule has 0 bridgehead atoms. The summed E-state index contributed by atoms with van der Waals surface area (Å²) in [7, 11) is 0. The van der Waals surface area contributed by atoms with Gasteiger partial charge in [-0.3, -0.25) is 0 Å². The fraction of sp³-hybridized carbons (Fsp3) is 0.312. The minimum Gasteiger partial charge on any atom is -0.378 e. The first-order chi connectivity index (χ1) is 9.76. The van der Waals surface area contributed by atoms with Crippen LogP contribution in [0.4, 0.5) is 4.39 Å². The summed E-state index contributed by atoms with van der Waals surface area (Å²) in [5.41, 5.74) is 1.17. The van der Waals surface area contributed by atoms with E-state index in [1.807, 2.05) is 6.92 Å². The summed E-state index contributed by atoms with van der Waals surface area (Å²) in [6.07, 6.45) is 0. The molecular weight excluding hydrogens is 291 g/mol. The highest BCUT2D eigenvalue weighted by Gasteiger charge is 2.12. The number of halogens is 2. The lowest BCUT2D eigenvalue weighted by molar-refractivity contribution is 0.143. The van der Waals surface area contributed by atoms with E-state index in [1.165, 1.54) is 12.1 Å². The van der Waals surface area contributed by atoms with Gasteiger partial charge in [0.1, 0.15) is 17.1 Å². The Balaban J connectivity index is 2.31. The van der Waals surface area contributed by atoms with Crippen LogP contribution in [-0.4, -0.2) is 20.3 Å². The number of rotatable bonds is 2. The average Bonchev–Trinajstić information content (AvgIpc) is 2.66. The first-order valence-electron chi connectivity index (χ1n) is 6.49. The third-order valence-electron chi connectivity index (χ3n) is 2.92. The number of hydrogen-bond acceptors (Lipinski definition) is 2. The highest BCUT2D eigenvalue weighted by atomic mass is 35.5. The van der Waals surface area contributed by atoms with Crippen LogP contribution in [0.3, 0.4) is 0 Å². The summed E-state index contributed by atoms with van der Waals surface area (Å²) in [5, 5.41) is 9.95. The zero-order valence-corrected chi connectivity index (χ0v) is 12.9. The van der Waals surface area contributed by atoms with Crippen molar-refractivity contribution in [1.82, 2.24) is 9.55 Å². The lowest BCUT2D eigenvalue weighted by Gasteiger charge is -2.07. The standard InChI is InChI=1S/C16H16ClFN2O/c1-11-14(8-9-16(2,3)21)19-15(17)20(11)10-12-4-6-13(18)7-5-12/h4-7,21H,10H2,1-3H3. The zero-order chi connectivity index (χ0) is 15.6. The van der Waals surface area contributed by atoms with E-state index in [4.69, 9.17) is 11.6 Å². The Kier molecular flexibility index (Phi) is 4.36. The molecule has 21 heavy (non-hydrogen) atoms. The molecule has 0 amide bonds. The maximum Gasteiger partial charge on any atom is 0.204 e. The van der Waals surface area contributed by atoms with Crippen LogP contribution in [0.15, 0.2) is 24.3 Å². The second-order valence-electron chi connectivity index (χ2n) is 5.34. The van der Waals surface area contributed by atoms with Crippen LogP contribution in [0.2, 0.25) is 5.28 Å². The monoisotopic (exact) mass is 306 g/mol. The van der Waals surface area contributed by atoms with Gasteiger partial charge in [-0.05, 0) is 56.0 Å². The Morgan fingerprint density at radius 1 is 1.33 bits per heavy atom. The minimum absolute atomic E-state index is 0.274. The molecule has 0 aliphatic rings. The molecule has 0 aliphatic carbocycles. The minimum atomic E-state index is -1.08. The largest absolute Gasteiger partial charge is 0.378 e. The summed E-state index contributed by atoms with van der Waals surface area (Å²) in [6, 6.07) is 6.22. The second-order valence-corrected chi connectivity index (χ2v) is 5.67. The van der Waals surface area contributed by atoms with Gasteiger partial charge in [-0.25, -0.2) is 9.37 Å². The Hall–Kier alpha value is -1.83. The molecule has 0 fully saturated rings. The van der Waals surface area contributed by atoms with Crippen LogP contribution < -0.4 is 0 Å². The molecule has 1 N–H and O–H groups in total. The predicted molar refractivity (Wildman–Crippen MR) is 80.7 cm³/mol. The molecule has 110 valence electrons. The molecule has 0 aliphatic heterocycles. The van der Waals surface area contributed by atoms with E-state index < -0.39 is 5.60 Å². The number of imidazole rings is 1. The highest BCUT2D eigenvalue weighted by molar-refractivity contribution is 6.28. The predicted octanol–water partition coefficient (Wildman–Crippen LogP) is 3.15. The summed E-state index contributed by atoms with van der Waals surface area (Å²) in [5.74, 6) is 5.27. The molecule has 0 saturated heterocycles. The lowest BCUT2D eigenvalue weighted by Crippen LogP contribution is -2.14. The van der Waals surface area contributed by atoms with Crippen molar-refractivity contribution in [2.75, 3.05) is 0 Å². The van der Waals surface area contributed by atoms with Crippen molar-refractivity contribution in [3.05, 3.63) is 52.3 Å². The maximum atomic E-state index is 12.9. The SMILES string of the molecule is Cc1c(C#CC(C)(C)O)nc(Cl)n1Cc1ccc(F)cc1. The zero-order valence-electron chi connectivity index (χ0n) is 12.1. The van der Waals surface area contributed by atoms with Crippen molar-refractivity contribution in [3.8, 4) is 11.8 Å². The van der Waals surface area contributed by atoms with Crippen molar-refractivity contribution in [2.24, 2.45) is 0 Å². The fourth-order valence-corrected chi connectivity index (χ4v) is 2.06. The molecule has 1 aromatic carbocycles. The second kappa shape index (κ2) is 5.88. The van der Waals surface area contributed by atoms with Crippen LogP contribution in [0.5, 0.6) is 0 Å². The molecule has 0 atom stereocenters. The molecule has 5 heteroatoms. The Labute approximate surface area is 128 Å². The normalized spacial score (nSPS) is 11.1. The van der Waals surface area contributed by atoms with Crippen molar-refractivity contribution < 1.29 is 9.50 Å². The van der Waals surface area contributed by atoms with Crippen molar-refractivity contribution in [1.29, 1.82) is 0 Å². The molecule has 2 rings (SSSR count). The quantitative estimate of drug-likeness (QED) is 0.866. The molecule has 1 aromatic heterocycles. The van der Waals surface area contributed by atoms with E-state index in [9.17, 15) is 9.50 Å². The lowest BCUT2D eigenvalue weighted by atomic mass is 10.1. The van der Waals surface area contributed by atoms with E-state index >= 15 is 0 Å². The topological polar surface area (TPSA) is 38.1 Å². The van der Waals surface area contributed by atoms with Crippen molar-refractivity contribution in [2.45, 2.75) is 32.9 Å². The number of benzene rings is 1. The Morgan fingerprint density at radius 3 is 2.52 bits per heavy atom. The summed E-state index contributed by atoms with van der Waals surface area (Å²) < 4.78 is 14.7. The maximum absolute atomic E-state index is 12.9. The van der Waals surface area contributed by atoms with Gasteiger partial charge in [0, 0.05) is 0 Å². The van der Waals surface area contributed by atoms with Crippen LogP contribution >= 0.6 is 11.6 Å². The van der Waals surface area contributed by atoms with Gasteiger partial charge in [0.05, 0.1) is 12.2 Å². The van der Waals surface area contributed by atoms with Crippen molar-refractivity contribution in [3.63, 3.8) is 0 Å². The Morgan fingerprint density at radius 2 is 1.95 bits per heavy atom. The summed E-state index contributed by atoms with van der Waals surface area (Å²) in [6.45, 7) is 5.55. The first-order valence-corrected chi connectivity index (χ1v) is 6.87. The number of nitrogens with zero attached hydrogens (tertiary/aromatic N) is 2. The molecule has 0 radical (unpaired) electrons. The van der Waals surface area contributed by atoms with Gasteiger partial charge >= 0.3 is 0 Å². The van der Waals surface area contributed by atoms with Gasteiger partial charge in [0.15, 0.2) is 0 Å². The van der Waals surface area contributed by atoms with E-state index in [1.54, 1.807) is 30.5 Å². The summed E-state index contributed by atoms with van der Waals surface area (Å²) >= 11 is 6.13. The number of aromatic nitrogens is 2. The highest BCUT2D eigenvalue weighted by Crippen LogP contribution is 2.17. The molecule has 0 spiro atoms. The molecule has 2 aromatic rings. The summed E-state index contributed by atoms with van der Waals surface area (Å²) in [4.78, 5) is 4.20. The van der Waals surface area contributed by atoms with Gasteiger partial charge in [-0.2, -0.15) is 0 Å².